The van der Waals surface area contributed by atoms with Crippen LogP contribution in [0.2, 0.25) is 0 Å². The number of nitrogens with one attached hydrogen (secondary N) is 2. The SMILES string of the molecule is CNCCCN1CC(Nc2cc(F)c(C=O)c(F)c2)C1. The largest absolute Gasteiger partial charge is 0.380 e. The summed E-state index contributed by atoms with van der Waals surface area (Å²) < 4.78 is 26.9. The van der Waals surface area contributed by atoms with E-state index in [1.165, 1.54) is 0 Å². The second kappa shape index (κ2) is 6.76. The Labute approximate surface area is 117 Å². The maximum absolute atomic E-state index is 13.4. The van der Waals surface area contributed by atoms with Gasteiger partial charge < -0.3 is 10.6 Å². The molecule has 1 fully saturated rings. The number of hydrogen-bond acceptors (Lipinski definition) is 4. The molecule has 1 aliphatic heterocycles. The van der Waals surface area contributed by atoms with E-state index in [9.17, 15) is 13.6 Å². The van der Waals surface area contributed by atoms with E-state index in [4.69, 9.17) is 0 Å². The Bertz CT molecular complexity index is 452. The quantitative estimate of drug-likeness (QED) is 0.588. The lowest BCUT2D eigenvalue weighted by Crippen LogP contribution is -2.55. The van der Waals surface area contributed by atoms with Crippen LogP contribution in [0.1, 0.15) is 16.8 Å². The van der Waals surface area contributed by atoms with Crippen LogP contribution < -0.4 is 10.6 Å². The van der Waals surface area contributed by atoms with Crippen LogP contribution in [0.4, 0.5) is 14.5 Å². The van der Waals surface area contributed by atoms with Crippen molar-refractivity contribution >= 4 is 12.0 Å². The van der Waals surface area contributed by atoms with Crippen LogP contribution in [0, 0.1) is 11.6 Å². The minimum absolute atomic E-state index is 0.196. The smallest absolute Gasteiger partial charge is 0.155 e. The van der Waals surface area contributed by atoms with Crippen molar-refractivity contribution in [3.63, 3.8) is 0 Å². The summed E-state index contributed by atoms with van der Waals surface area (Å²) in [6.07, 6.45) is 1.28. The zero-order valence-corrected chi connectivity index (χ0v) is 11.5. The molecular weight excluding hydrogens is 264 g/mol. The van der Waals surface area contributed by atoms with Gasteiger partial charge in [0.15, 0.2) is 6.29 Å². The van der Waals surface area contributed by atoms with Crippen molar-refractivity contribution in [2.24, 2.45) is 0 Å². The van der Waals surface area contributed by atoms with Gasteiger partial charge in [-0.25, -0.2) is 8.78 Å². The number of carbonyl (C=O) groups excluding carboxylic acids is 1. The van der Waals surface area contributed by atoms with Crippen molar-refractivity contribution in [3.05, 3.63) is 29.3 Å². The zero-order chi connectivity index (χ0) is 14.5. The van der Waals surface area contributed by atoms with Crippen LogP contribution in [0.5, 0.6) is 0 Å². The Morgan fingerprint density at radius 2 is 2.00 bits per heavy atom. The highest BCUT2D eigenvalue weighted by molar-refractivity contribution is 5.76. The lowest BCUT2D eigenvalue weighted by molar-refractivity contribution is 0.111. The summed E-state index contributed by atoms with van der Waals surface area (Å²) in [4.78, 5) is 12.8. The third kappa shape index (κ3) is 3.52. The number of benzene rings is 1. The van der Waals surface area contributed by atoms with E-state index in [2.05, 4.69) is 15.5 Å². The maximum Gasteiger partial charge on any atom is 0.155 e. The zero-order valence-electron chi connectivity index (χ0n) is 11.5. The summed E-state index contributed by atoms with van der Waals surface area (Å²) in [6.45, 7) is 3.73. The second-order valence-electron chi connectivity index (χ2n) is 5.03. The molecule has 0 unspecified atom stereocenters. The fourth-order valence-corrected chi connectivity index (χ4v) is 2.34. The van der Waals surface area contributed by atoms with Gasteiger partial charge in [-0.1, -0.05) is 0 Å². The first kappa shape index (κ1) is 14.9. The number of likely N-dealkylation sites (tertiary alicyclic amines) is 1. The first-order valence-corrected chi connectivity index (χ1v) is 6.71. The Morgan fingerprint density at radius 3 is 2.55 bits per heavy atom. The number of aldehydes is 1. The van der Waals surface area contributed by atoms with Crippen LogP contribution >= 0.6 is 0 Å². The van der Waals surface area contributed by atoms with E-state index in [1.54, 1.807) is 0 Å². The number of rotatable bonds is 7. The van der Waals surface area contributed by atoms with E-state index in [0.29, 0.717) is 5.69 Å². The number of carbonyl (C=O) groups is 1. The van der Waals surface area contributed by atoms with Crippen LogP contribution in [-0.2, 0) is 0 Å². The molecule has 1 aromatic carbocycles. The highest BCUT2D eigenvalue weighted by atomic mass is 19.1. The van der Waals surface area contributed by atoms with Crippen LogP contribution in [0.3, 0.4) is 0 Å². The average molecular weight is 283 g/mol. The third-order valence-corrected chi connectivity index (χ3v) is 3.43. The summed E-state index contributed by atoms with van der Waals surface area (Å²) in [7, 11) is 1.92. The van der Waals surface area contributed by atoms with Gasteiger partial charge in [-0.3, -0.25) is 9.69 Å². The fraction of sp³-hybridized carbons (Fsp3) is 0.500. The summed E-state index contributed by atoms with van der Waals surface area (Å²) >= 11 is 0. The molecule has 0 radical (unpaired) electrons. The van der Waals surface area contributed by atoms with Gasteiger partial charge in [-0.05, 0) is 38.7 Å². The van der Waals surface area contributed by atoms with Gasteiger partial charge in [-0.15, -0.1) is 0 Å². The van der Waals surface area contributed by atoms with Crippen molar-refractivity contribution < 1.29 is 13.6 Å². The van der Waals surface area contributed by atoms with Crippen molar-refractivity contribution in [2.75, 3.05) is 38.5 Å². The normalized spacial score (nSPS) is 15.9. The third-order valence-electron chi connectivity index (χ3n) is 3.43. The Hall–Kier alpha value is -1.53. The monoisotopic (exact) mass is 283 g/mol. The molecule has 1 aliphatic rings. The van der Waals surface area contributed by atoms with E-state index >= 15 is 0 Å². The van der Waals surface area contributed by atoms with Gasteiger partial charge in [0, 0.05) is 18.8 Å². The molecule has 0 aromatic heterocycles. The Kier molecular flexibility index (Phi) is 5.03. The summed E-state index contributed by atoms with van der Waals surface area (Å²) in [5.41, 5.74) is -0.136. The fourth-order valence-electron chi connectivity index (χ4n) is 2.34. The van der Waals surface area contributed by atoms with E-state index in [0.717, 1.165) is 44.7 Å². The molecular formula is C14H19F2N3O. The molecule has 2 N–H and O–H groups in total. The number of hydrogen-bond donors (Lipinski definition) is 2. The minimum Gasteiger partial charge on any atom is -0.380 e. The number of anilines is 1. The molecule has 20 heavy (non-hydrogen) atoms. The molecule has 0 amide bonds. The molecule has 0 atom stereocenters. The van der Waals surface area contributed by atoms with Crippen LogP contribution in [0.15, 0.2) is 12.1 Å². The van der Waals surface area contributed by atoms with Gasteiger partial charge in [0.25, 0.3) is 0 Å². The standard InChI is InChI=1S/C14H19F2N3O/c1-17-3-2-4-19-7-11(8-19)18-10-5-13(15)12(9-20)14(16)6-10/h5-6,9,11,17-18H,2-4,7-8H2,1H3. The average Bonchev–Trinajstić information content (AvgIpc) is 2.35. The molecule has 0 saturated carbocycles. The van der Waals surface area contributed by atoms with Crippen molar-refractivity contribution in [2.45, 2.75) is 12.5 Å². The molecule has 1 heterocycles. The summed E-state index contributed by atoms with van der Waals surface area (Å²) in [5.74, 6) is -1.65. The van der Waals surface area contributed by atoms with E-state index < -0.39 is 17.2 Å². The second-order valence-corrected chi connectivity index (χ2v) is 5.03. The van der Waals surface area contributed by atoms with Crippen molar-refractivity contribution in [1.29, 1.82) is 0 Å². The molecule has 0 bridgehead atoms. The molecule has 4 nitrogen and oxygen atoms in total. The predicted molar refractivity (Wildman–Crippen MR) is 74.1 cm³/mol. The first-order chi connectivity index (χ1) is 9.63. The molecule has 0 spiro atoms. The first-order valence-electron chi connectivity index (χ1n) is 6.71. The minimum atomic E-state index is -0.826. The number of nitrogens with zero attached hydrogens (tertiary/aromatic N) is 1. The van der Waals surface area contributed by atoms with E-state index in [-0.39, 0.29) is 12.3 Å². The van der Waals surface area contributed by atoms with Gasteiger partial charge in [0.1, 0.15) is 11.6 Å². The molecule has 110 valence electrons. The lowest BCUT2D eigenvalue weighted by atomic mass is 10.1. The van der Waals surface area contributed by atoms with Crippen molar-refractivity contribution in [3.8, 4) is 0 Å². The summed E-state index contributed by atoms with van der Waals surface area (Å²) in [6, 6.07) is 2.53. The van der Waals surface area contributed by atoms with Gasteiger partial charge in [-0.2, -0.15) is 0 Å². The Morgan fingerprint density at radius 1 is 1.35 bits per heavy atom. The molecule has 0 aliphatic carbocycles. The molecule has 1 saturated heterocycles. The van der Waals surface area contributed by atoms with Gasteiger partial charge >= 0.3 is 0 Å². The van der Waals surface area contributed by atoms with Gasteiger partial charge in [0.2, 0.25) is 0 Å². The predicted octanol–water partition coefficient (Wildman–Crippen LogP) is 1.48. The number of halogens is 2. The van der Waals surface area contributed by atoms with Crippen LogP contribution in [0.25, 0.3) is 0 Å². The topological polar surface area (TPSA) is 44.4 Å². The van der Waals surface area contributed by atoms with E-state index in [1.807, 2.05) is 7.05 Å². The molecule has 1 aromatic rings. The Balaban J connectivity index is 1.83. The molecule has 6 heteroatoms. The highest BCUT2D eigenvalue weighted by Gasteiger charge is 2.26. The highest BCUT2D eigenvalue weighted by Crippen LogP contribution is 2.20. The molecule has 2 rings (SSSR count). The van der Waals surface area contributed by atoms with Crippen molar-refractivity contribution in [1.82, 2.24) is 10.2 Å². The summed E-state index contributed by atoms with van der Waals surface area (Å²) in [5, 5.41) is 6.17. The van der Waals surface area contributed by atoms with Gasteiger partial charge in [0.05, 0.1) is 11.6 Å². The van der Waals surface area contributed by atoms with Crippen LogP contribution in [-0.4, -0.2) is 50.5 Å². The maximum atomic E-state index is 13.4. The lowest BCUT2D eigenvalue weighted by Gasteiger charge is -2.40.